The molecule has 0 aromatic carbocycles. The van der Waals surface area contributed by atoms with E-state index >= 15 is 0 Å². The van der Waals surface area contributed by atoms with E-state index in [-0.39, 0.29) is 0 Å². The van der Waals surface area contributed by atoms with Gasteiger partial charge in [-0.3, -0.25) is 0 Å². The van der Waals surface area contributed by atoms with Crippen molar-refractivity contribution in [3.63, 3.8) is 0 Å². The molecule has 0 fully saturated rings. The Kier molecular flexibility index (Phi) is 4.18. The fourth-order valence-corrected chi connectivity index (χ4v) is 0.947. The van der Waals surface area contributed by atoms with E-state index in [0.717, 1.165) is 18.9 Å². The molecule has 1 aromatic heterocycles. The maximum absolute atomic E-state index is 4.05. The van der Waals surface area contributed by atoms with E-state index in [4.69, 9.17) is 0 Å². The lowest BCUT2D eigenvalue weighted by Gasteiger charge is -2.08. The Bertz CT molecular complexity index is 222. The fraction of sp³-hybridized carbons (Fsp3) is 0.556. The molecule has 0 spiro atoms. The van der Waals surface area contributed by atoms with Gasteiger partial charge in [0, 0.05) is 25.3 Å². The highest BCUT2D eigenvalue weighted by Crippen LogP contribution is 1.95. The van der Waals surface area contributed by atoms with Crippen molar-refractivity contribution < 1.29 is 0 Å². The van der Waals surface area contributed by atoms with Crippen molar-refractivity contribution in [2.24, 2.45) is 0 Å². The molecule has 2 N–H and O–H groups in total. The molecule has 1 heterocycles. The van der Waals surface area contributed by atoms with Crippen LogP contribution in [0.15, 0.2) is 18.6 Å². The van der Waals surface area contributed by atoms with E-state index in [1.165, 1.54) is 6.33 Å². The molecular formula is C9H16N4. The molecule has 0 amide bonds. The molecule has 1 aromatic rings. The van der Waals surface area contributed by atoms with Gasteiger partial charge >= 0.3 is 0 Å². The van der Waals surface area contributed by atoms with Gasteiger partial charge in [0.2, 0.25) is 0 Å². The van der Waals surface area contributed by atoms with Crippen LogP contribution in [0, 0.1) is 0 Å². The van der Waals surface area contributed by atoms with Crippen LogP contribution in [0.5, 0.6) is 0 Å². The zero-order valence-electron chi connectivity index (χ0n) is 8.12. The summed E-state index contributed by atoms with van der Waals surface area (Å²) in [7, 11) is 0. The summed E-state index contributed by atoms with van der Waals surface area (Å²) in [5.74, 6) is 0.876. The Hall–Kier alpha value is -1.16. The number of nitrogens with one attached hydrogen (secondary N) is 2. The Morgan fingerprint density at radius 2 is 2.23 bits per heavy atom. The normalized spacial score (nSPS) is 10.4. The van der Waals surface area contributed by atoms with E-state index < -0.39 is 0 Å². The summed E-state index contributed by atoms with van der Waals surface area (Å²) in [6.45, 7) is 6.09. The van der Waals surface area contributed by atoms with Gasteiger partial charge < -0.3 is 10.6 Å². The number of hydrogen-bond donors (Lipinski definition) is 2. The van der Waals surface area contributed by atoms with Gasteiger partial charge in [-0.25, -0.2) is 9.97 Å². The molecule has 72 valence electrons. The van der Waals surface area contributed by atoms with Crippen LogP contribution in [0.1, 0.15) is 13.8 Å². The number of aromatic nitrogens is 2. The molecule has 0 radical (unpaired) electrons. The molecule has 4 heteroatoms. The lowest BCUT2D eigenvalue weighted by atomic mass is 10.4. The van der Waals surface area contributed by atoms with Crippen LogP contribution in [0.3, 0.4) is 0 Å². The second-order valence-electron chi connectivity index (χ2n) is 3.13. The average Bonchev–Trinajstić information content (AvgIpc) is 2.14. The van der Waals surface area contributed by atoms with Crippen molar-refractivity contribution >= 4 is 5.82 Å². The van der Waals surface area contributed by atoms with Crippen molar-refractivity contribution in [1.82, 2.24) is 15.3 Å². The molecule has 0 unspecified atom stereocenters. The monoisotopic (exact) mass is 180 g/mol. The first-order chi connectivity index (χ1) is 6.29. The molecule has 0 bridgehead atoms. The molecule has 0 aliphatic rings. The zero-order valence-corrected chi connectivity index (χ0v) is 8.12. The van der Waals surface area contributed by atoms with Gasteiger partial charge in [0.1, 0.15) is 12.1 Å². The van der Waals surface area contributed by atoms with Gasteiger partial charge in [0.05, 0.1) is 0 Å². The lowest BCUT2D eigenvalue weighted by Crippen LogP contribution is -2.28. The van der Waals surface area contributed by atoms with Crippen molar-refractivity contribution in [1.29, 1.82) is 0 Å². The predicted octanol–water partition coefficient (Wildman–Crippen LogP) is 0.886. The highest BCUT2D eigenvalue weighted by atomic mass is 15.0. The molecule has 0 aliphatic carbocycles. The SMILES string of the molecule is CC(C)NCCNc1ccncn1. The minimum absolute atomic E-state index is 0.534. The van der Waals surface area contributed by atoms with Crippen LogP contribution in [-0.2, 0) is 0 Å². The first kappa shape index (κ1) is 9.92. The Labute approximate surface area is 78.8 Å². The van der Waals surface area contributed by atoms with E-state index in [1.54, 1.807) is 6.20 Å². The molecule has 0 atom stereocenters. The summed E-state index contributed by atoms with van der Waals surface area (Å²) in [5.41, 5.74) is 0. The summed E-state index contributed by atoms with van der Waals surface area (Å²) in [4.78, 5) is 7.88. The highest BCUT2D eigenvalue weighted by molar-refractivity contribution is 5.31. The predicted molar refractivity (Wildman–Crippen MR) is 53.7 cm³/mol. The molecular weight excluding hydrogens is 164 g/mol. The van der Waals surface area contributed by atoms with Gasteiger partial charge in [-0.1, -0.05) is 13.8 Å². The third-order valence-corrected chi connectivity index (χ3v) is 1.57. The molecule has 1 rings (SSSR count). The second-order valence-corrected chi connectivity index (χ2v) is 3.13. The van der Waals surface area contributed by atoms with Crippen LogP contribution in [-0.4, -0.2) is 29.1 Å². The fourth-order valence-electron chi connectivity index (χ4n) is 0.947. The molecule has 0 aliphatic heterocycles. The van der Waals surface area contributed by atoms with E-state index in [0.29, 0.717) is 6.04 Å². The summed E-state index contributed by atoms with van der Waals surface area (Å²) in [5, 5.41) is 6.50. The largest absolute Gasteiger partial charge is 0.369 e. The summed E-state index contributed by atoms with van der Waals surface area (Å²) >= 11 is 0. The van der Waals surface area contributed by atoms with Crippen LogP contribution in [0.4, 0.5) is 5.82 Å². The van der Waals surface area contributed by atoms with E-state index in [2.05, 4.69) is 34.4 Å². The maximum atomic E-state index is 4.05. The first-order valence-electron chi connectivity index (χ1n) is 4.52. The first-order valence-corrected chi connectivity index (χ1v) is 4.52. The van der Waals surface area contributed by atoms with Gasteiger partial charge in [0.25, 0.3) is 0 Å². The van der Waals surface area contributed by atoms with Crippen molar-refractivity contribution in [2.45, 2.75) is 19.9 Å². The van der Waals surface area contributed by atoms with E-state index in [1.807, 2.05) is 6.07 Å². The van der Waals surface area contributed by atoms with Gasteiger partial charge in [0.15, 0.2) is 0 Å². The third-order valence-electron chi connectivity index (χ3n) is 1.57. The van der Waals surface area contributed by atoms with Crippen LogP contribution in [0.25, 0.3) is 0 Å². The van der Waals surface area contributed by atoms with Crippen molar-refractivity contribution in [2.75, 3.05) is 18.4 Å². The third kappa shape index (κ3) is 4.42. The van der Waals surface area contributed by atoms with Gasteiger partial charge in [-0.2, -0.15) is 0 Å². The Morgan fingerprint density at radius 1 is 1.38 bits per heavy atom. The van der Waals surface area contributed by atoms with Gasteiger partial charge in [-0.05, 0) is 6.07 Å². The molecule has 0 saturated carbocycles. The average molecular weight is 180 g/mol. The summed E-state index contributed by atoms with van der Waals surface area (Å²) < 4.78 is 0. The minimum Gasteiger partial charge on any atom is -0.369 e. The van der Waals surface area contributed by atoms with Crippen LogP contribution < -0.4 is 10.6 Å². The molecule has 13 heavy (non-hydrogen) atoms. The second kappa shape index (κ2) is 5.48. The topological polar surface area (TPSA) is 49.8 Å². The quantitative estimate of drug-likeness (QED) is 0.661. The highest BCUT2D eigenvalue weighted by Gasteiger charge is 1.92. The molecule has 4 nitrogen and oxygen atoms in total. The standard InChI is InChI=1S/C9H16N4/c1-8(2)11-5-6-12-9-3-4-10-7-13-9/h3-4,7-8,11H,5-6H2,1-2H3,(H,10,12,13). The van der Waals surface area contributed by atoms with Crippen LogP contribution in [0.2, 0.25) is 0 Å². The number of nitrogens with zero attached hydrogens (tertiary/aromatic N) is 2. The lowest BCUT2D eigenvalue weighted by molar-refractivity contribution is 0.602. The van der Waals surface area contributed by atoms with Crippen LogP contribution >= 0.6 is 0 Å². The van der Waals surface area contributed by atoms with E-state index in [9.17, 15) is 0 Å². The maximum Gasteiger partial charge on any atom is 0.129 e. The number of rotatable bonds is 5. The number of hydrogen-bond acceptors (Lipinski definition) is 4. The summed E-state index contributed by atoms with van der Waals surface area (Å²) in [6.07, 6.45) is 3.27. The van der Waals surface area contributed by atoms with Crippen molar-refractivity contribution in [3.05, 3.63) is 18.6 Å². The van der Waals surface area contributed by atoms with Crippen molar-refractivity contribution in [3.8, 4) is 0 Å². The molecule has 0 saturated heterocycles. The van der Waals surface area contributed by atoms with Gasteiger partial charge in [-0.15, -0.1) is 0 Å². The Balaban J connectivity index is 2.13. The Morgan fingerprint density at radius 3 is 2.85 bits per heavy atom. The minimum atomic E-state index is 0.534. The smallest absolute Gasteiger partial charge is 0.129 e. The number of anilines is 1. The summed E-state index contributed by atoms with van der Waals surface area (Å²) in [6, 6.07) is 2.39. The zero-order chi connectivity index (χ0) is 9.52.